The highest BCUT2D eigenvalue weighted by Crippen LogP contribution is 2.38. The van der Waals surface area contributed by atoms with E-state index in [0.29, 0.717) is 29.5 Å². The van der Waals surface area contributed by atoms with E-state index in [1.807, 2.05) is 14.0 Å². The Bertz CT molecular complexity index is 473. The van der Waals surface area contributed by atoms with Gasteiger partial charge in [-0.15, -0.1) is 0 Å². The Morgan fingerprint density at radius 1 is 1.53 bits per heavy atom. The molecule has 4 nitrogen and oxygen atoms in total. The summed E-state index contributed by atoms with van der Waals surface area (Å²) in [6.07, 6.45) is 1.21. The number of hydrogen-bond acceptors (Lipinski definition) is 3. The molecule has 2 N–H and O–H groups in total. The van der Waals surface area contributed by atoms with Gasteiger partial charge >= 0.3 is 0 Å². The lowest BCUT2D eigenvalue weighted by atomic mass is 10.1. The van der Waals surface area contributed by atoms with E-state index in [4.69, 9.17) is 10.5 Å². The predicted octanol–water partition coefficient (Wildman–Crippen LogP) is 2.40. The zero-order chi connectivity index (χ0) is 14.0. The normalized spacial score (nSPS) is 21.0. The van der Waals surface area contributed by atoms with Crippen LogP contribution in [0.5, 0.6) is 5.75 Å². The largest absolute Gasteiger partial charge is 0.493 e. The van der Waals surface area contributed by atoms with Crippen molar-refractivity contribution in [3.05, 3.63) is 23.8 Å². The minimum Gasteiger partial charge on any atom is -0.493 e. The monoisotopic (exact) mass is 262 g/mol. The van der Waals surface area contributed by atoms with Crippen molar-refractivity contribution in [2.45, 2.75) is 20.3 Å². The summed E-state index contributed by atoms with van der Waals surface area (Å²) in [6, 6.07) is 5.34. The third kappa shape index (κ3) is 3.00. The van der Waals surface area contributed by atoms with E-state index in [1.165, 1.54) is 6.42 Å². The summed E-state index contributed by atoms with van der Waals surface area (Å²) in [7, 11) is 1.83. The molecule has 0 spiro atoms. The first-order valence-electron chi connectivity index (χ1n) is 6.81. The molecular formula is C15H22N2O2. The fourth-order valence-corrected chi connectivity index (χ4v) is 2.33. The Balaban J connectivity index is 2.17. The van der Waals surface area contributed by atoms with Gasteiger partial charge in [0.05, 0.1) is 6.61 Å². The molecule has 0 aliphatic heterocycles. The Labute approximate surface area is 114 Å². The number of hydrogen-bond donors (Lipinski definition) is 1. The summed E-state index contributed by atoms with van der Waals surface area (Å²) in [6.45, 7) is 5.42. The van der Waals surface area contributed by atoms with Crippen molar-refractivity contribution < 1.29 is 9.53 Å². The van der Waals surface area contributed by atoms with E-state index in [9.17, 15) is 4.79 Å². The van der Waals surface area contributed by atoms with Crippen molar-refractivity contribution in [3.63, 3.8) is 0 Å². The molecule has 1 fully saturated rings. The number of anilines is 1. The van der Waals surface area contributed by atoms with Gasteiger partial charge in [-0.05, 0) is 37.3 Å². The minimum atomic E-state index is -0.0550. The molecule has 1 amide bonds. The topological polar surface area (TPSA) is 55.6 Å². The van der Waals surface area contributed by atoms with Crippen LogP contribution in [0.15, 0.2) is 18.2 Å². The number of amides is 1. The second-order valence-electron chi connectivity index (χ2n) is 5.31. The molecule has 19 heavy (non-hydrogen) atoms. The van der Waals surface area contributed by atoms with Crippen molar-refractivity contribution in [2.75, 3.05) is 25.9 Å². The van der Waals surface area contributed by atoms with Gasteiger partial charge in [0.1, 0.15) is 11.3 Å². The summed E-state index contributed by atoms with van der Waals surface area (Å²) in [4.78, 5) is 14.2. The van der Waals surface area contributed by atoms with E-state index in [1.54, 1.807) is 23.1 Å². The Kier molecular flexibility index (Phi) is 3.98. The molecule has 0 aromatic heterocycles. The van der Waals surface area contributed by atoms with Crippen molar-refractivity contribution in [2.24, 2.45) is 11.8 Å². The molecule has 1 aliphatic rings. The molecule has 1 aromatic rings. The number of benzene rings is 1. The lowest BCUT2D eigenvalue weighted by molar-refractivity contribution is 0.0784. The van der Waals surface area contributed by atoms with Crippen LogP contribution in [0, 0.1) is 11.8 Å². The quantitative estimate of drug-likeness (QED) is 0.829. The number of ether oxygens (including phenoxy) is 1. The Morgan fingerprint density at radius 2 is 2.21 bits per heavy atom. The van der Waals surface area contributed by atoms with E-state index in [0.717, 1.165) is 12.5 Å². The third-order valence-corrected chi connectivity index (χ3v) is 3.70. The zero-order valence-corrected chi connectivity index (χ0v) is 11.8. The van der Waals surface area contributed by atoms with Gasteiger partial charge in [0.25, 0.3) is 5.91 Å². The smallest absolute Gasteiger partial charge is 0.259 e. The van der Waals surface area contributed by atoms with Crippen molar-refractivity contribution in [1.82, 2.24) is 4.90 Å². The average Bonchev–Trinajstić information content (AvgIpc) is 3.04. The Hall–Kier alpha value is -1.71. The number of nitrogens with zero attached hydrogens (tertiary/aromatic N) is 1. The SMILES string of the molecule is CCOc1cccc(N)c1C(=O)N(C)CC1CC1C. The van der Waals surface area contributed by atoms with Crippen molar-refractivity contribution in [3.8, 4) is 5.75 Å². The second-order valence-corrected chi connectivity index (χ2v) is 5.31. The van der Waals surface area contributed by atoms with Crippen molar-refractivity contribution >= 4 is 11.6 Å². The van der Waals surface area contributed by atoms with Crippen LogP contribution < -0.4 is 10.5 Å². The van der Waals surface area contributed by atoms with Crippen LogP contribution in [0.2, 0.25) is 0 Å². The first-order chi connectivity index (χ1) is 9.04. The van der Waals surface area contributed by atoms with Gasteiger partial charge in [0.15, 0.2) is 0 Å². The summed E-state index contributed by atoms with van der Waals surface area (Å²) in [5, 5.41) is 0. The highest BCUT2D eigenvalue weighted by Gasteiger charge is 2.34. The van der Waals surface area contributed by atoms with Gasteiger partial charge in [-0.3, -0.25) is 4.79 Å². The molecule has 0 radical (unpaired) electrons. The summed E-state index contributed by atoms with van der Waals surface area (Å²) < 4.78 is 5.50. The maximum atomic E-state index is 12.5. The van der Waals surface area contributed by atoms with Gasteiger partial charge in [-0.2, -0.15) is 0 Å². The molecule has 2 atom stereocenters. The first kappa shape index (κ1) is 13.7. The second kappa shape index (κ2) is 5.51. The molecule has 2 rings (SSSR count). The van der Waals surface area contributed by atoms with Crippen LogP contribution in [0.3, 0.4) is 0 Å². The number of carbonyl (C=O) groups is 1. The molecular weight excluding hydrogens is 240 g/mol. The molecule has 104 valence electrons. The number of nitrogens with two attached hydrogens (primary N) is 1. The van der Waals surface area contributed by atoms with E-state index in [-0.39, 0.29) is 5.91 Å². The number of carbonyl (C=O) groups excluding carboxylic acids is 1. The molecule has 1 aliphatic carbocycles. The van der Waals surface area contributed by atoms with E-state index < -0.39 is 0 Å². The lowest BCUT2D eigenvalue weighted by Gasteiger charge is -2.20. The van der Waals surface area contributed by atoms with Gasteiger partial charge in [-0.25, -0.2) is 0 Å². The molecule has 0 heterocycles. The summed E-state index contributed by atoms with van der Waals surface area (Å²) >= 11 is 0. The number of nitrogen functional groups attached to an aromatic ring is 1. The molecule has 2 unspecified atom stereocenters. The standard InChI is InChI=1S/C15H22N2O2/c1-4-19-13-7-5-6-12(16)14(13)15(18)17(3)9-11-8-10(11)2/h5-7,10-11H,4,8-9,16H2,1-3H3. The van der Waals surface area contributed by atoms with Crippen LogP contribution in [0.4, 0.5) is 5.69 Å². The van der Waals surface area contributed by atoms with Gasteiger partial charge in [0, 0.05) is 19.3 Å². The fourth-order valence-electron chi connectivity index (χ4n) is 2.33. The van der Waals surface area contributed by atoms with Gasteiger partial charge in [-0.1, -0.05) is 13.0 Å². The molecule has 1 aromatic carbocycles. The Morgan fingerprint density at radius 3 is 2.79 bits per heavy atom. The minimum absolute atomic E-state index is 0.0550. The van der Waals surface area contributed by atoms with Crippen LogP contribution in [-0.4, -0.2) is 31.0 Å². The molecule has 0 bridgehead atoms. The van der Waals surface area contributed by atoms with Crippen LogP contribution >= 0.6 is 0 Å². The van der Waals surface area contributed by atoms with Gasteiger partial charge < -0.3 is 15.4 Å². The lowest BCUT2D eigenvalue weighted by Crippen LogP contribution is -2.30. The highest BCUT2D eigenvalue weighted by molar-refractivity contribution is 6.01. The first-order valence-corrected chi connectivity index (χ1v) is 6.81. The number of rotatable bonds is 5. The zero-order valence-electron chi connectivity index (χ0n) is 11.8. The maximum Gasteiger partial charge on any atom is 0.259 e. The van der Waals surface area contributed by atoms with Crippen molar-refractivity contribution in [1.29, 1.82) is 0 Å². The molecule has 0 saturated heterocycles. The van der Waals surface area contributed by atoms with Crippen LogP contribution in [0.25, 0.3) is 0 Å². The highest BCUT2D eigenvalue weighted by atomic mass is 16.5. The van der Waals surface area contributed by atoms with Crippen LogP contribution in [-0.2, 0) is 0 Å². The van der Waals surface area contributed by atoms with Gasteiger partial charge in [0.2, 0.25) is 0 Å². The average molecular weight is 262 g/mol. The molecule has 1 saturated carbocycles. The van der Waals surface area contributed by atoms with E-state index in [2.05, 4.69) is 6.92 Å². The third-order valence-electron chi connectivity index (χ3n) is 3.70. The maximum absolute atomic E-state index is 12.5. The molecule has 4 heteroatoms. The van der Waals surface area contributed by atoms with Crippen LogP contribution in [0.1, 0.15) is 30.6 Å². The summed E-state index contributed by atoms with van der Waals surface area (Å²) in [5.74, 6) is 1.88. The predicted molar refractivity (Wildman–Crippen MR) is 76.3 cm³/mol. The van der Waals surface area contributed by atoms with E-state index >= 15 is 0 Å². The fraction of sp³-hybridized carbons (Fsp3) is 0.533. The summed E-state index contributed by atoms with van der Waals surface area (Å²) in [5.41, 5.74) is 6.90.